The molecule has 160 valence electrons. The lowest BCUT2D eigenvalue weighted by Gasteiger charge is -2.22. The van der Waals surface area contributed by atoms with E-state index in [0.717, 1.165) is 10.6 Å². The molecule has 0 unspecified atom stereocenters. The summed E-state index contributed by atoms with van der Waals surface area (Å²) in [5.41, 5.74) is 5.94. The van der Waals surface area contributed by atoms with E-state index in [1.54, 1.807) is 48.5 Å². The van der Waals surface area contributed by atoms with E-state index in [9.17, 15) is 18.0 Å². The third kappa shape index (κ3) is 5.83. The van der Waals surface area contributed by atoms with Crippen LogP contribution in [0.5, 0.6) is 11.5 Å². The maximum absolute atomic E-state index is 12.5. The molecule has 0 saturated heterocycles. The SMILES string of the molecule is CS(=O)(=O)N(CC(=O)Nc1ccccc1C(N)=O)c1ccc(Oc2ccccc2)cc1. The molecule has 9 heteroatoms. The number of ether oxygens (including phenoxy) is 1. The summed E-state index contributed by atoms with van der Waals surface area (Å²) < 4.78 is 31.3. The van der Waals surface area contributed by atoms with Crippen molar-refractivity contribution >= 4 is 33.2 Å². The summed E-state index contributed by atoms with van der Waals surface area (Å²) in [4.78, 5) is 24.1. The van der Waals surface area contributed by atoms with E-state index >= 15 is 0 Å². The highest BCUT2D eigenvalue weighted by Crippen LogP contribution is 2.25. The normalized spacial score (nSPS) is 10.9. The highest BCUT2D eigenvalue weighted by atomic mass is 32.2. The van der Waals surface area contributed by atoms with Gasteiger partial charge < -0.3 is 15.8 Å². The predicted octanol–water partition coefficient (Wildman–Crippen LogP) is 2.98. The minimum atomic E-state index is -3.76. The van der Waals surface area contributed by atoms with Gasteiger partial charge in [-0.15, -0.1) is 0 Å². The third-order valence-corrected chi connectivity index (χ3v) is 5.40. The van der Waals surface area contributed by atoms with Crippen molar-refractivity contribution in [2.75, 3.05) is 22.4 Å². The van der Waals surface area contributed by atoms with Crippen molar-refractivity contribution in [2.24, 2.45) is 5.73 Å². The van der Waals surface area contributed by atoms with Crippen molar-refractivity contribution < 1.29 is 22.7 Å². The Balaban J connectivity index is 1.77. The van der Waals surface area contributed by atoms with E-state index in [-0.39, 0.29) is 11.3 Å². The van der Waals surface area contributed by atoms with Gasteiger partial charge in [-0.1, -0.05) is 30.3 Å². The van der Waals surface area contributed by atoms with Gasteiger partial charge in [-0.05, 0) is 48.5 Å². The molecule has 0 aliphatic carbocycles. The van der Waals surface area contributed by atoms with Gasteiger partial charge in [-0.2, -0.15) is 0 Å². The van der Waals surface area contributed by atoms with Gasteiger partial charge in [0.15, 0.2) is 0 Å². The number of anilines is 2. The number of primary amides is 1. The molecular formula is C22H21N3O5S. The summed E-state index contributed by atoms with van der Waals surface area (Å²) in [5, 5.41) is 2.54. The van der Waals surface area contributed by atoms with Crippen LogP contribution in [0.2, 0.25) is 0 Å². The Morgan fingerprint density at radius 2 is 1.48 bits per heavy atom. The first-order chi connectivity index (χ1) is 14.7. The van der Waals surface area contributed by atoms with Crippen LogP contribution in [-0.4, -0.2) is 33.0 Å². The van der Waals surface area contributed by atoms with Gasteiger partial charge in [0.25, 0.3) is 5.91 Å². The number of sulfonamides is 1. The average Bonchev–Trinajstić information content (AvgIpc) is 2.73. The Kier molecular flexibility index (Phi) is 6.56. The van der Waals surface area contributed by atoms with Gasteiger partial charge in [0.1, 0.15) is 18.0 Å². The summed E-state index contributed by atoms with van der Waals surface area (Å²) in [6.45, 7) is -0.481. The molecule has 0 aromatic heterocycles. The molecular weight excluding hydrogens is 418 g/mol. The molecule has 0 atom stereocenters. The Labute approximate surface area is 180 Å². The van der Waals surface area contributed by atoms with E-state index in [4.69, 9.17) is 10.5 Å². The Morgan fingerprint density at radius 3 is 2.10 bits per heavy atom. The lowest BCUT2D eigenvalue weighted by molar-refractivity contribution is -0.114. The minimum absolute atomic E-state index is 0.129. The minimum Gasteiger partial charge on any atom is -0.457 e. The van der Waals surface area contributed by atoms with Crippen molar-refractivity contribution in [3.63, 3.8) is 0 Å². The number of nitrogens with zero attached hydrogens (tertiary/aromatic N) is 1. The molecule has 8 nitrogen and oxygen atoms in total. The molecule has 2 amide bonds. The number of benzene rings is 3. The molecule has 0 saturated carbocycles. The van der Waals surface area contributed by atoms with Crippen LogP contribution < -0.4 is 20.1 Å². The summed E-state index contributed by atoms with van der Waals surface area (Å²) in [6.07, 6.45) is 1.01. The van der Waals surface area contributed by atoms with Crippen molar-refractivity contribution in [1.82, 2.24) is 0 Å². The number of rotatable bonds is 8. The number of nitrogens with one attached hydrogen (secondary N) is 1. The second kappa shape index (κ2) is 9.31. The first-order valence-electron chi connectivity index (χ1n) is 9.23. The molecule has 3 aromatic rings. The molecule has 0 heterocycles. The van der Waals surface area contributed by atoms with Crippen LogP contribution in [0.3, 0.4) is 0 Å². The molecule has 0 radical (unpaired) electrons. The second-order valence-electron chi connectivity index (χ2n) is 6.64. The van der Waals surface area contributed by atoms with E-state index in [1.165, 1.54) is 12.1 Å². The van der Waals surface area contributed by atoms with Crippen LogP contribution in [0.25, 0.3) is 0 Å². The van der Waals surface area contributed by atoms with Crippen molar-refractivity contribution in [2.45, 2.75) is 0 Å². The van der Waals surface area contributed by atoms with Crippen LogP contribution in [0.4, 0.5) is 11.4 Å². The zero-order valence-corrected chi connectivity index (χ0v) is 17.5. The van der Waals surface area contributed by atoms with Gasteiger partial charge in [-0.3, -0.25) is 13.9 Å². The largest absolute Gasteiger partial charge is 0.457 e. The summed E-state index contributed by atoms with van der Waals surface area (Å²) in [7, 11) is -3.76. The monoisotopic (exact) mass is 439 g/mol. The van der Waals surface area contributed by atoms with Gasteiger partial charge >= 0.3 is 0 Å². The van der Waals surface area contributed by atoms with Crippen molar-refractivity contribution in [1.29, 1.82) is 0 Å². The van der Waals surface area contributed by atoms with Crippen LogP contribution >= 0.6 is 0 Å². The lowest BCUT2D eigenvalue weighted by Crippen LogP contribution is -2.37. The van der Waals surface area contributed by atoms with E-state index in [0.29, 0.717) is 17.2 Å². The van der Waals surface area contributed by atoms with E-state index in [1.807, 2.05) is 18.2 Å². The molecule has 0 fully saturated rings. The van der Waals surface area contributed by atoms with Gasteiger partial charge in [0.05, 0.1) is 23.2 Å². The number of para-hydroxylation sites is 2. The van der Waals surface area contributed by atoms with Crippen LogP contribution in [0, 0.1) is 0 Å². The Hall–Kier alpha value is -3.85. The van der Waals surface area contributed by atoms with E-state index in [2.05, 4.69) is 5.32 Å². The smallest absolute Gasteiger partial charge is 0.250 e. The number of hydrogen-bond donors (Lipinski definition) is 2. The summed E-state index contributed by atoms with van der Waals surface area (Å²) in [6, 6.07) is 21.7. The number of nitrogens with two attached hydrogens (primary N) is 1. The van der Waals surface area contributed by atoms with Crippen LogP contribution in [0.1, 0.15) is 10.4 Å². The molecule has 3 aromatic carbocycles. The summed E-state index contributed by atoms with van der Waals surface area (Å²) >= 11 is 0. The average molecular weight is 439 g/mol. The topological polar surface area (TPSA) is 119 Å². The number of hydrogen-bond acceptors (Lipinski definition) is 5. The highest BCUT2D eigenvalue weighted by Gasteiger charge is 2.22. The molecule has 0 spiro atoms. The van der Waals surface area contributed by atoms with E-state index < -0.39 is 28.4 Å². The first-order valence-corrected chi connectivity index (χ1v) is 11.1. The zero-order valence-electron chi connectivity index (χ0n) is 16.7. The number of amides is 2. The molecule has 3 rings (SSSR count). The quantitative estimate of drug-likeness (QED) is 0.559. The standard InChI is InChI=1S/C22H21N3O5S/c1-31(28,29)25(15-21(26)24-20-10-6-5-9-19(20)22(23)27)16-11-13-18(14-12-16)30-17-7-3-2-4-8-17/h2-14H,15H2,1H3,(H2,23,27)(H,24,26). The number of carbonyl (C=O) groups is 2. The maximum Gasteiger partial charge on any atom is 0.250 e. The van der Waals surface area contributed by atoms with Crippen LogP contribution in [0.15, 0.2) is 78.9 Å². The van der Waals surface area contributed by atoms with Gasteiger partial charge in [0.2, 0.25) is 15.9 Å². The fourth-order valence-electron chi connectivity index (χ4n) is 2.83. The molecule has 0 aliphatic rings. The van der Waals surface area contributed by atoms with Crippen molar-refractivity contribution in [3.8, 4) is 11.5 Å². The van der Waals surface area contributed by atoms with Gasteiger partial charge in [0, 0.05) is 0 Å². The molecule has 0 bridgehead atoms. The Bertz CT molecular complexity index is 1180. The first kappa shape index (κ1) is 21.8. The third-order valence-electron chi connectivity index (χ3n) is 4.26. The fraction of sp³-hybridized carbons (Fsp3) is 0.0909. The Morgan fingerprint density at radius 1 is 0.903 bits per heavy atom. The fourth-order valence-corrected chi connectivity index (χ4v) is 3.69. The molecule has 3 N–H and O–H groups in total. The molecule has 31 heavy (non-hydrogen) atoms. The second-order valence-corrected chi connectivity index (χ2v) is 8.54. The summed E-state index contributed by atoms with van der Waals surface area (Å²) in [5.74, 6) is -0.167. The maximum atomic E-state index is 12.5. The van der Waals surface area contributed by atoms with Crippen LogP contribution in [-0.2, 0) is 14.8 Å². The predicted molar refractivity (Wildman–Crippen MR) is 119 cm³/mol. The van der Waals surface area contributed by atoms with Gasteiger partial charge in [-0.25, -0.2) is 8.42 Å². The van der Waals surface area contributed by atoms with Crippen molar-refractivity contribution in [3.05, 3.63) is 84.4 Å². The molecule has 0 aliphatic heterocycles. The highest BCUT2D eigenvalue weighted by molar-refractivity contribution is 7.92. The lowest BCUT2D eigenvalue weighted by atomic mass is 10.1. The zero-order chi connectivity index (χ0) is 22.4. The number of carbonyl (C=O) groups excluding carboxylic acids is 2.